The number of nitrogens with one attached hydrogen (secondary N) is 4. The molecule has 6 N–H and O–H groups in total. The Hall–Kier alpha value is -2.95. The summed E-state index contributed by atoms with van der Waals surface area (Å²) in [6.07, 6.45) is 5.19. The number of imide groups is 1. The number of anilines is 1. The zero-order valence-corrected chi connectivity index (χ0v) is 22.1. The Morgan fingerprint density at radius 2 is 1.81 bits per heavy atom. The molecule has 1 aliphatic rings. The number of hydrogen-bond acceptors (Lipinski definition) is 7. The van der Waals surface area contributed by atoms with Gasteiger partial charge in [-0.3, -0.25) is 14.5 Å². The van der Waals surface area contributed by atoms with Gasteiger partial charge >= 0.3 is 6.03 Å². The van der Waals surface area contributed by atoms with Gasteiger partial charge in [0.1, 0.15) is 0 Å². The third-order valence-electron chi connectivity index (χ3n) is 6.17. The second kappa shape index (κ2) is 16.7. The number of amides is 4. The molecule has 1 heterocycles. The molecular weight excluding hydrogens is 472 g/mol. The molecule has 1 aliphatic heterocycles. The van der Waals surface area contributed by atoms with Crippen molar-refractivity contribution >= 4 is 23.5 Å². The van der Waals surface area contributed by atoms with Crippen LogP contribution < -0.4 is 27.0 Å². The smallest absolute Gasteiger partial charge is 0.312 e. The monoisotopic (exact) mass is 515 g/mol. The molecule has 0 aromatic heterocycles. The predicted octanol–water partition coefficient (Wildman–Crippen LogP) is 1.63. The van der Waals surface area contributed by atoms with Crippen LogP contribution in [-0.4, -0.2) is 80.8 Å². The van der Waals surface area contributed by atoms with E-state index in [0.717, 1.165) is 50.1 Å². The third-order valence-corrected chi connectivity index (χ3v) is 6.17. The maximum atomic E-state index is 11.5. The van der Waals surface area contributed by atoms with Crippen molar-refractivity contribution in [3.8, 4) is 0 Å². The number of nitrogens with two attached hydrogens (primary N) is 1. The summed E-state index contributed by atoms with van der Waals surface area (Å²) in [4.78, 5) is 35.5. The van der Waals surface area contributed by atoms with E-state index in [2.05, 4.69) is 42.0 Å². The Bertz CT molecular complexity index is 873. The summed E-state index contributed by atoms with van der Waals surface area (Å²) in [6, 6.07) is 7.81. The molecule has 0 saturated heterocycles. The van der Waals surface area contributed by atoms with Crippen molar-refractivity contribution in [2.24, 2.45) is 11.7 Å². The standard InChI is InChI=1S/C27H43N6O4/c1-20(2)24(30-13-6-15-37-16-14-33-25(34)10-11-26(33)35)19-31-23(18-32-27(28)36)9-5-12-29-22-8-4-7-21(3)17-22/h4,7-8,10-11,17,20,23-24,29-31H,3,5-6,9,12-16,18-19H2,1-2H3,(H3,28,32,36)/t23?,24-/m1/s1. The van der Waals surface area contributed by atoms with Crippen LogP contribution in [-0.2, 0) is 14.3 Å². The quantitative estimate of drug-likeness (QED) is 0.139. The molecule has 10 heteroatoms. The molecular formula is C27H43N6O4. The van der Waals surface area contributed by atoms with Crippen molar-refractivity contribution in [2.75, 3.05) is 51.3 Å². The zero-order valence-electron chi connectivity index (χ0n) is 22.1. The van der Waals surface area contributed by atoms with Gasteiger partial charge in [0, 0.05) is 56.2 Å². The van der Waals surface area contributed by atoms with Crippen LogP contribution in [0, 0.1) is 12.8 Å². The maximum absolute atomic E-state index is 11.5. The average Bonchev–Trinajstić information content (AvgIpc) is 3.17. The van der Waals surface area contributed by atoms with E-state index in [-0.39, 0.29) is 30.4 Å². The van der Waals surface area contributed by atoms with Crippen LogP contribution in [0.4, 0.5) is 10.5 Å². The van der Waals surface area contributed by atoms with Crippen LogP contribution in [0.1, 0.15) is 38.7 Å². The van der Waals surface area contributed by atoms with Crippen molar-refractivity contribution in [2.45, 2.75) is 45.2 Å². The summed E-state index contributed by atoms with van der Waals surface area (Å²) in [7, 11) is 0. The van der Waals surface area contributed by atoms with Gasteiger partial charge < -0.3 is 31.7 Å². The number of carbonyl (C=O) groups excluding carboxylic acids is 3. The SMILES string of the molecule is [CH2]c1cccc(NCCCC(CNC(N)=O)NC[C@@H](NCCCOCCN2C(=O)C=CC2=O)C(C)C)c1. The van der Waals surface area contributed by atoms with Gasteiger partial charge in [0.2, 0.25) is 0 Å². The molecule has 0 spiro atoms. The van der Waals surface area contributed by atoms with Crippen molar-refractivity contribution in [3.05, 3.63) is 48.9 Å². The van der Waals surface area contributed by atoms with Gasteiger partial charge in [0.25, 0.3) is 11.8 Å². The average molecular weight is 516 g/mol. The first-order chi connectivity index (χ1) is 17.8. The lowest BCUT2D eigenvalue weighted by Gasteiger charge is -2.27. The maximum Gasteiger partial charge on any atom is 0.312 e. The number of hydrogen-bond donors (Lipinski definition) is 5. The molecule has 1 aromatic rings. The summed E-state index contributed by atoms with van der Waals surface area (Å²) in [5.41, 5.74) is 7.32. The van der Waals surface area contributed by atoms with Gasteiger partial charge in [0.15, 0.2) is 0 Å². The first-order valence-corrected chi connectivity index (χ1v) is 13.0. The lowest BCUT2D eigenvalue weighted by atomic mass is 10.0. The summed E-state index contributed by atoms with van der Waals surface area (Å²) < 4.78 is 5.59. The van der Waals surface area contributed by atoms with E-state index in [0.29, 0.717) is 25.7 Å². The van der Waals surface area contributed by atoms with Gasteiger partial charge in [-0.15, -0.1) is 0 Å². The van der Waals surface area contributed by atoms with E-state index in [1.54, 1.807) is 0 Å². The van der Waals surface area contributed by atoms with E-state index >= 15 is 0 Å². The largest absolute Gasteiger partial charge is 0.385 e. The molecule has 1 unspecified atom stereocenters. The van der Waals surface area contributed by atoms with Crippen LogP contribution in [0.15, 0.2) is 36.4 Å². The molecule has 37 heavy (non-hydrogen) atoms. The van der Waals surface area contributed by atoms with Gasteiger partial charge in [-0.2, -0.15) is 0 Å². The molecule has 205 valence electrons. The number of nitrogens with zero attached hydrogens (tertiary/aromatic N) is 1. The van der Waals surface area contributed by atoms with Crippen molar-refractivity contribution in [1.82, 2.24) is 20.9 Å². The van der Waals surface area contributed by atoms with E-state index in [1.165, 1.54) is 17.1 Å². The Labute approximate surface area is 220 Å². The third kappa shape index (κ3) is 12.2. The topological polar surface area (TPSA) is 138 Å². The highest BCUT2D eigenvalue weighted by Gasteiger charge is 2.22. The minimum absolute atomic E-state index is 0.102. The van der Waals surface area contributed by atoms with Gasteiger partial charge in [-0.05, 0) is 56.3 Å². The number of rotatable bonds is 19. The molecule has 0 bridgehead atoms. The van der Waals surface area contributed by atoms with E-state index < -0.39 is 6.03 Å². The normalized spacial score (nSPS) is 14.9. The molecule has 2 atom stereocenters. The van der Waals surface area contributed by atoms with Crippen molar-refractivity contribution in [3.63, 3.8) is 0 Å². The van der Waals surface area contributed by atoms with Crippen LogP contribution in [0.2, 0.25) is 0 Å². The van der Waals surface area contributed by atoms with Gasteiger partial charge in [-0.1, -0.05) is 26.0 Å². The predicted molar refractivity (Wildman–Crippen MR) is 146 cm³/mol. The number of carbonyl (C=O) groups is 3. The second-order valence-corrected chi connectivity index (χ2v) is 9.55. The first kappa shape index (κ1) is 30.3. The fourth-order valence-corrected chi connectivity index (χ4v) is 3.97. The summed E-state index contributed by atoms with van der Waals surface area (Å²) in [6.45, 7) is 12.3. The number of ether oxygens (including phenoxy) is 1. The fraction of sp³-hybridized carbons (Fsp3) is 0.556. The lowest BCUT2D eigenvalue weighted by molar-refractivity contribution is -0.137. The molecule has 0 saturated carbocycles. The van der Waals surface area contributed by atoms with Crippen LogP contribution in [0.25, 0.3) is 0 Å². The highest BCUT2D eigenvalue weighted by Crippen LogP contribution is 2.10. The number of primary amides is 1. The van der Waals surface area contributed by atoms with E-state index in [1.807, 2.05) is 24.3 Å². The summed E-state index contributed by atoms with van der Waals surface area (Å²) >= 11 is 0. The van der Waals surface area contributed by atoms with Crippen molar-refractivity contribution < 1.29 is 19.1 Å². The highest BCUT2D eigenvalue weighted by molar-refractivity contribution is 6.12. The molecule has 0 fully saturated rings. The summed E-state index contributed by atoms with van der Waals surface area (Å²) in [5.74, 6) is -0.159. The number of urea groups is 1. The minimum Gasteiger partial charge on any atom is -0.385 e. The Balaban J connectivity index is 1.65. The van der Waals surface area contributed by atoms with Gasteiger partial charge in [-0.25, -0.2) is 4.79 Å². The van der Waals surface area contributed by atoms with E-state index in [4.69, 9.17) is 10.5 Å². The van der Waals surface area contributed by atoms with Crippen LogP contribution >= 0.6 is 0 Å². The Morgan fingerprint density at radius 3 is 2.49 bits per heavy atom. The molecule has 1 radical (unpaired) electrons. The van der Waals surface area contributed by atoms with Crippen LogP contribution in [0.3, 0.4) is 0 Å². The fourth-order valence-electron chi connectivity index (χ4n) is 3.97. The minimum atomic E-state index is -0.523. The van der Waals surface area contributed by atoms with E-state index in [9.17, 15) is 14.4 Å². The lowest BCUT2D eigenvalue weighted by Crippen LogP contribution is -2.49. The zero-order chi connectivity index (χ0) is 27.0. The summed E-state index contributed by atoms with van der Waals surface area (Å²) in [5, 5.41) is 13.3. The van der Waals surface area contributed by atoms with Crippen molar-refractivity contribution in [1.29, 1.82) is 0 Å². The molecule has 0 aliphatic carbocycles. The Morgan fingerprint density at radius 1 is 1.05 bits per heavy atom. The Kier molecular flexibility index (Phi) is 13.7. The highest BCUT2D eigenvalue weighted by atomic mass is 16.5. The molecule has 2 rings (SSSR count). The molecule has 4 amide bonds. The van der Waals surface area contributed by atoms with Gasteiger partial charge in [0.05, 0.1) is 13.2 Å². The molecule has 10 nitrogen and oxygen atoms in total. The second-order valence-electron chi connectivity index (χ2n) is 9.55. The van der Waals surface area contributed by atoms with Crippen LogP contribution in [0.5, 0.6) is 0 Å². The molecule has 1 aromatic carbocycles. The first-order valence-electron chi connectivity index (χ1n) is 13.0. The number of benzene rings is 1.